The van der Waals surface area contributed by atoms with E-state index in [1.54, 1.807) is 6.20 Å². The summed E-state index contributed by atoms with van der Waals surface area (Å²) in [6.07, 6.45) is 5.53. The Kier molecular flexibility index (Phi) is 3.10. The third-order valence-electron chi connectivity index (χ3n) is 3.23. The van der Waals surface area contributed by atoms with Crippen LogP contribution in [0.1, 0.15) is 17.0 Å². The van der Waals surface area contributed by atoms with Crippen LogP contribution in [0.25, 0.3) is 5.52 Å². The molecule has 0 N–H and O–H groups in total. The van der Waals surface area contributed by atoms with Crippen molar-refractivity contribution in [1.29, 1.82) is 0 Å². The summed E-state index contributed by atoms with van der Waals surface area (Å²) in [6, 6.07) is 6.17. The highest BCUT2D eigenvalue weighted by Crippen LogP contribution is 2.19. The number of hydrogen-bond acceptors (Lipinski definition) is 4. The van der Waals surface area contributed by atoms with Crippen molar-refractivity contribution in [2.45, 2.75) is 20.4 Å². The molecule has 3 heterocycles. The van der Waals surface area contributed by atoms with Gasteiger partial charge in [-0.15, -0.1) is 0 Å². The summed E-state index contributed by atoms with van der Waals surface area (Å²) in [5, 5.41) is 4.41. The second-order valence-electron chi connectivity index (χ2n) is 5.05. The molecule has 0 spiro atoms. The van der Waals surface area contributed by atoms with Crippen LogP contribution in [0.2, 0.25) is 0 Å². The molecule has 3 aromatic heterocycles. The lowest BCUT2D eigenvalue weighted by Crippen LogP contribution is -2.19. The minimum absolute atomic E-state index is 0.719. The molecule has 3 aromatic rings. The van der Waals surface area contributed by atoms with E-state index in [-0.39, 0.29) is 0 Å². The number of nitrogens with zero attached hydrogens (tertiary/aromatic N) is 5. The molecule has 3 rings (SSSR count). The van der Waals surface area contributed by atoms with Gasteiger partial charge in [-0.2, -0.15) is 5.10 Å². The summed E-state index contributed by atoms with van der Waals surface area (Å²) in [5.74, 6) is 0.912. The minimum Gasteiger partial charge on any atom is -0.352 e. The van der Waals surface area contributed by atoms with Crippen LogP contribution in [-0.2, 0) is 6.54 Å². The Balaban J connectivity index is 1.92. The van der Waals surface area contributed by atoms with Crippen molar-refractivity contribution in [2.24, 2.45) is 0 Å². The summed E-state index contributed by atoms with van der Waals surface area (Å²) >= 11 is 0. The van der Waals surface area contributed by atoms with Gasteiger partial charge in [0.1, 0.15) is 5.52 Å². The van der Waals surface area contributed by atoms with Gasteiger partial charge < -0.3 is 4.90 Å². The lowest BCUT2D eigenvalue weighted by molar-refractivity contribution is 0.850. The zero-order valence-electron chi connectivity index (χ0n) is 11.9. The smallest absolute Gasteiger partial charge is 0.154 e. The summed E-state index contributed by atoms with van der Waals surface area (Å²) in [7, 11) is 2.02. The van der Waals surface area contributed by atoms with Crippen LogP contribution in [0, 0.1) is 13.8 Å². The monoisotopic (exact) mass is 267 g/mol. The summed E-state index contributed by atoms with van der Waals surface area (Å²) in [5.41, 5.74) is 4.20. The van der Waals surface area contributed by atoms with E-state index in [1.807, 2.05) is 49.9 Å². The van der Waals surface area contributed by atoms with E-state index in [1.165, 1.54) is 5.56 Å². The van der Waals surface area contributed by atoms with Crippen molar-refractivity contribution in [3.8, 4) is 0 Å². The maximum atomic E-state index is 4.47. The van der Waals surface area contributed by atoms with Crippen LogP contribution in [0.5, 0.6) is 0 Å². The zero-order chi connectivity index (χ0) is 14.1. The molecule has 0 amide bonds. The number of fused-ring (bicyclic) bond motifs is 1. The highest BCUT2D eigenvalue weighted by atomic mass is 15.3. The maximum Gasteiger partial charge on any atom is 0.154 e. The van der Waals surface area contributed by atoms with E-state index in [9.17, 15) is 0 Å². The largest absolute Gasteiger partial charge is 0.352 e. The number of rotatable bonds is 3. The molecule has 0 saturated heterocycles. The van der Waals surface area contributed by atoms with Gasteiger partial charge in [0.25, 0.3) is 0 Å². The van der Waals surface area contributed by atoms with Gasteiger partial charge in [0.15, 0.2) is 5.82 Å². The number of anilines is 1. The van der Waals surface area contributed by atoms with Crippen molar-refractivity contribution < 1.29 is 0 Å². The van der Waals surface area contributed by atoms with Gasteiger partial charge in [-0.25, -0.2) is 9.50 Å². The van der Waals surface area contributed by atoms with Crippen molar-refractivity contribution in [3.05, 3.63) is 53.7 Å². The summed E-state index contributed by atoms with van der Waals surface area (Å²) in [6.45, 7) is 4.74. The fourth-order valence-corrected chi connectivity index (χ4v) is 2.23. The van der Waals surface area contributed by atoms with E-state index < -0.39 is 0 Å². The van der Waals surface area contributed by atoms with E-state index in [4.69, 9.17) is 0 Å². The van der Waals surface area contributed by atoms with Gasteiger partial charge in [-0.05, 0) is 31.5 Å². The predicted octanol–water partition coefficient (Wildman–Crippen LogP) is 2.38. The molecule has 0 radical (unpaired) electrons. The molecule has 0 atom stereocenters. The standard InChI is InChI=1S/C15H17N5/c1-11-4-5-13(17-9-11)10-19(3)15-14-8-12(2)18-20(14)7-6-16-15/h4-9H,10H2,1-3H3. The number of pyridine rings is 1. The van der Waals surface area contributed by atoms with Crippen LogP contribution < -0.4 is 4.90 Å². The highest BCUT2D eigenvalue weighted by Gasteiger charge is 2.10. The molecule has 0 aromatic carbocycles. The van der Waals surface area contributed by atoms with Crippen molar-refractivity contribution in [2.75, 3.05) is 11.9 Å². The van der Waals surface area contributed by atoms with E-state index in [2.05, 4.69) is 26.0 Å². The average Bonchev–Trinajstić information content (AvgIpc) is 2.81. The third-order valence-corrected chi connectivity index (χ3v) is 3.23. The predicted molar refractivity (Wildman–Crippen MR) is 78.8 cm³/mol. The lowest BCUT2D eigenvalue weighted by atomic mass is 10.2. The molecular weight excluding hydrogens is 250 g/mol. The van der Waals surface area contributed by atoms with Crippen LogP contribution in [0.15, 0.2) is 36.8 Å². The van der Waals surface area contributed by atoms with Crippen molar-refractivity contribution in [1.82, 2.24) is 19.6 Å². The number of aromatic nitrogens is 4. The maximum absolute atomic E-state index is 4.47. The van der Waals surface area contributed by atoms with Gasteiger partial charge in [-0.1, -0.05) is 6.07 Å². The summed E-state index contributed by atoms with van der Waals surface area (Å²) < 4.78 is 1.86. The van der Waals surface area contributed by atoms with Crippen molar-refractivity contribution >= 4 is 11.3 Å². The van der Waals surface area contributed by atoms with Gasteiger partial charge in [-0.3, -0.25) is 4.98 Å². The first-order valence-electron chi connectivity index (χ1n) is 6.57. The quantitative estimate of drug-likeness (QED) is 0.731. The van der Waals surface area contributed by atoms with Gasteiger partial charge in [0.2, 0.25) is 0 Å². The Morgan fingerprint density at radius 3 is 2.80 bits per heavy atom. The number of hydrogen-bond donors (Lipinski definition) is 0. The Morgan fingerprint density at radius 1 is 1.20 bits per heavy atom. The van der Waals surface area contributed by atoms with Crippen molar-refractivity contribution in [3.63, 3.8) is 0 Å². The number of aryl methyl sites for hydroxylation is 2. The molecule has 102 valence electrons. The van der Waals surface area contributed by atoms with Gasteiger partial charge in [0.05, 0.1) is 17.9 Å². The van der Waals surface area contributed by atoms with Crippen LogP contribution >= 0.6 is 0 Å². The Morgan fingerprint density at radius 2 is 2.05 bits per heavy atom. The molecule has 0 fully saturated rings. The Hall–Kier alpha value is -2.43. The lowest BCUT2D eigenvalue weighted by Gasteiger charge is -2.18. The Labute approximate surface area is 117 Å². The first kappa shape index (κ1) is 12.6. The molecule has 0 saturated carbocycles. The second-order valence-corrected chi connectivity index (χ2v) is 5.05. The van der Waals surface area contributed by atoms with E-state index >= 15 is 0 Å². The third kappa shape index (κ3) is 2.34. The van der Waals surface area contributed by atoms with E-state index in [0.717, 1.165) is 29.3 Å². The average molecular weight is 267 g/mol. The normalized spacial score (nSPS) is 10.9. The molecule has 5 nitrogen and oxygen atoms in total. The van der Waals surface area contributed by atoms with E-state index in [0.29, 0.717) is 0 Å². The fraction of sp³-hybridized carbons (Fsp3) is 0.267. The van der Waals surface area contributed by atoms with Crippen LogP contribution in [-0.4, -0.2) is 26.6 Å². The topological polar surface area (TPSA) is 46.3 Å². The SMILES string of the molecule is Cc1ccc(CN(C)c2nccn3nc(C)cc23)nc1. The zero-order valence-corrected chi connectivity index (χ0v) is 11.9. The molecule has 0 aliphatic heterocycles. The Bertz CT molecular complexity index is 730. The molecule has 0 aliphatic rings. The van der Waals surface area contributed by atoms with Crippen LogP contribution in [0.3, 0.4) is 0 Å². The highest BCUT2D eigenvalue weighted by molar-refractivity contribution is 5.68. The molecule has 5 heteroatoms. The molecule has 0 bridgehead atoms. The van der Waals surface area contributed by atoms with Gasteiger partial charge >= 0.3 is 0 Å². The molecule has 20 heavy (non-hydrogen) atoms. The first-order valence-corrected chi connectivity index (χ1v) is 6.57. The minimum atomic E-state index is 0.719. The molecule has 0 aliphatic carbocycles. The summed E-state index contributed by atoms with van der Waals surface area (Å²) in [4.78, 5) is 11.0. The fourth-order valence-electron chi connectivity index (χ4n) is 2.23. The second kappa shape index (κ2) is 4.92. The van der Waals surface area contributed by atoms with Gasteiger partial charge in [0, 0.05) is 25.6 Å². The van der Waals surface area contributed by atoms with Crippen LogP contribution in [0.4, 0.5) is 5.82 Å². The first-order chi connectivity index (χ1) is 9.63. The molecule has 0 unspecified atom stereocenters. The molecular formula is C15H17N5.